The van der Waals surface area contributed by atoms with Crippen molar-refractivity contribution in [3.63, 3.8) is 0 Å². The summed E-state index contributed by atoms with van der Waals surface area (Å²) in [4.78, 5) is 17.1. The molecule has 0 atom stereocenters. The molecule has 0 amide bonds. The van der Waals surface area contributed by atoms with Crippen LogP contribution in [0.25, 0.3) is 10.9 Å². The lowest BCUT2D eigenvalue weighted by atomic mass is 10.2. The number of halogens is 1. The molecule has 0 unspecified atom stereocenters. The fraction of sp³-hybridized carbons (Fsp3) is 0.464. The Labute approximate surface area is 229 Å². The van der Waals surface area contributed by atoms with E-state index in [2.05, 4.69) is 55.9 Å². The molecule has 9 nitrogen and oxygen atoms in total. The van der Waals surface area contributed by atoms with Gasteiger partial charge in [0.1, 0.15) is 17.4 Å². The number of benzene rings is 1. The van der Waals surface area contributed by atoms with Crippen LogP contribution < -0.4 is 10.1 Å². The third kappa shape index (κ3) is 6.39. The van der Waals surface area contributed by atoms with E-state index >= 15 is 0 Å². The van der Waals surface area contributed by atoms with Crippen LogP contribution in [0.4, 0.5) is 5.82 Å². The second-order valence-electron chi connectivity index (χ2n) is 10.4. The van der Waals surface area contributed by atoms with Gasteiger partial charge in [0.25, 0.3) is 0 Å². The number of aromatic amines is 2. The molecule has 5 rings (SSSR count). The number of hydrogen-bond donors (Lipinski definition) is 3. The monoisotopic (exact) mass is 536 g/mol. The van der Waals surface area contributed by atoms with Crippen LogP contribution in [0.3, 0.4) is 0 Å². The van der Waals surface area contributed by atoms with Crippen LogP contribution in [0.2, 0.25) is 5.02 Å². The highest BCUT2D eigenvalue weighted by atomic mass is 35.5. The van der Waals surface area contributed by atoms with Gasteiger partial charge in [-0.1, -0.05) is 11.6 Å². The van der Waals surface area contributed by atoms with E-state index in [-0.39, 0.29) is 6.73 Å². The molecule has 2 aliphatic rings. The van der Waals surface area contributed by atoms with E-state index < -0.39 is 0 Å². The van der Waals surface area contributed by atoms with E-state index in [0.717, 1.165) is 72.5 Å². The molecule has 1 aliphatic heterocycles. The van der Waals surface area contributed by atoms with Gasteiger partial charge in [-0.15, -0.1) is 0 Å². The van der Waals surface area contributed by atoms with E-state index in [9.17, 15) is 0 Å². The van der Waals surface area contributed by atoms with Crippen molar-refractivity contribution < 1.29 is 4.74 Å². The molecule has 1 saturated carbocycles. The Balaban J connectivity index is 1.33. The second kappa shape index (κ2) is 11.6. The first-order valence-electron chi connectivity index (χ1n) is 13.3. The third-order valence-electron chi connectivity index (χ3n) is 7.18. The Morgan fingerprint density at radius 3 is 2.76 bits per heavy atom. The maximum Gasteiger partial charge on any atom is 0.181 e. The fourth-order valence-corrected chi connectivity index (χ4v) is 5.08. The molecule has 38 heavy (non-hydrogen) atoms. The fourth-order valence-electron chi connectivity index (χ4n) is 4.81. The van der Waals surface area contributed by atoms with Gasteiger partial charge in [-0.25, -0.2) is 9.98 Å². The van der Waals surface area contributed by atoms with Gasteiger partial charge in [-0.3, -0.25) is 10.00 Å². The Kier molecular flexibility index (Phi) is 8.04. The molecule has 3 aromatic rings. The molecule has 0 spiro atoms. The van der Waals surface area contributed by atoms with Crippen molar-refractivity contribution in [1.29, 1.82) is 0 Å². The van der Waals surface area contributed by atoms with Gasteiger partial charge in [0.15, 0.2) is 12.5 Å². The molecule has 202 valence electrons. The largest absolute Gasteiger partial charge is 0.470 e. The molecule has 3 heterocycles. The molecule has 0 radical (unpaired) electrons. The number of aromatic nitrogens is 3. The smallest absolute Gasteiger partial charge is 0.181 e. The summed E-state index contributed by atoms with van der Waals surface area (Å²) in [6, 6.07) is 8.43. The highest BCUT2D eigenvalue weighted by Crippen LogP contribution is 2.33. The first kappa shape index (κ1) is 26.3. The minimum absolute atomic E-state index is 0.128. The van der Waals surface area contributed by atoms with Crippen LogP contribution in [0.1, 0.15) is 38.1 Å². The maximum atomic E-state index is 6.63. The Morgan fingerprint density at radius 1 is 1.26 bits per heavy atom. The Morgan fingerprint density at radius 2 is 2.05 bits per heavy atom. The van der Waals surface area contributed by atoms with Gasteiger partial charge in [-0.05, 0) is 70.9 Å². The zero-order chi connectivity index (χ0) is 26.6. The Bertz CT molecular complexity index is 1330. The SMILES string of the molecule is C=N/C(=C\C(=N/COc1ccc2[nH]c(C)cc2c1Cl)N1CCN(C(C)C)CC1)Nc1cc(CC2CC2)[nH]n1. The average Bonchev–Trinajstić information content (AvgIpc) is 3.47. The van der Waals surface area contributed by atoms with Gasteiger partial charge in [0.05, 0.1) is 5.02 Å². The quantitative estimate of drug-likeness (QED) is 0.244. The number of aliphatic imine (C=N–C) groups is 2. The lowest BCUT2D eigenvalue weighted by molar-refractivity contribution is 0.148. The van der Waals surface area contributed by atoms with Gasteiger partial charge in [0.2, 0.25) is 0 Å². The molecule has 2 aromatic heterocycles. The van der Waals surface area contributed by atoms with Crippen molar-refractivity contribution in [3.05, 3.63) is 52.6 Å². The van der Waals surface area contributed by atoms with Crippen LogP contribution >= 0.6 is 11.6 Å². The van der Waals surface area contributed by atoms with Crippen LogP contribution in [0.15, 0.2) is 46.1 Å². The molecule has 10 heteroatoms. The first-order valence-corrected chi connectivity index (χ1v) is 13.7. The lowest BCUT2D eigenvalue weighted by Crippen LogP contribution is -2.50. The number of anilines is 1. The van der Waals surface area contributed by atoms with E-state index in [1.165, 1.54) is 12.8 Å². The summed E-state index contributed by atoms with van der Waals surface area (Å²) in [5, 5.41) is 12.3. The minimum atomic E-state index is 0.128. The minimum Gasteiger partial charge on any atom is -0.470 e. The predicted molar refractivity (Wildman–Crippen MR) is 156 cm³/mol. The number of amidine groups is 1. The molecule has 2 fully saturated rings. The number of piperazine rings is 1. The topological polar surface area (TPSA) is 96.9 Å². The molecule has 3 N–H and O–H groups in total. The number of fused-ring (bicyclic) bond motifs is 1. The van der Waals surface area contributed by atoms with E-state index in [4.69, 9.17) is 21.3 Å². The number of ether oxygens (including phenoxy) is 1. The molecular formula is C28H37ClN8O. The lowest BCUT2D eigenvalue weighted by Gasteiger charge is -2.38. The predicted octanol–water partition coefficient (Wildman–Crippen LogP) is 5.22. The zero-order valence-corrected chi connectivity index (χ0v) is 23.2. The maximum absolute atomic E-state index is 6.63. The number of aryl methyl sites for hydroxylation is 1. The Hall–Kier alpha value is -3.30. The number of rotatable bonds is 10. The van der Waals surface area contributed by atoms with Crippen molar-refractivity contribution in [2.24, 2.45) is 15.9 Å². The number of nitrogens with one attached hydrogen (secondary N) is 3. The van der Waals surface area contributed by atoms with Crippen molar-refractivity contribution in [3.8, 4) is 5.75 Å². The summed E-state index contributed by atoms with van der Waals surface area (Å²) < 4.78 is 6.03. The summed E-state index contributed by atoms with van der Waals surface area (Å²) in [7, 11) is 0. The van der Waals surface area contributed by atoms with Crippen LogP contribution in [-0.2, 0) is 6.42 Å². The summed E-state index contributed by atoms with van der Waals surface area (Å²) in [5.74, 6) is 3.49. The molecule has 1 aromatic carbocycles. The summed E-state index contributed by atoms with van der Waals surface area (Å²) >= 11 is 6.63. The highest BCUT2D eigenvalue weighted by Gasteiger charge is 2.23. The van der Waals surface area contributed by atoms with Gasteiger partial charge in [0, 0.05) is 66.7 Å². The van der Waals surface area contributed by atoms with Gasteiger partial charge < -0.3 is 19.9 Å². The van der Waals surface area contributed by atoms with E-state index in [1.807, 2.05) is 37.3 Å². The van der Waals surface area contributed by atoms with Crippen LogP contribution in [0.5, 0.6) is 5.75 Å². The second-order valence-corrected chi connectivity index (χ2v) is 10.8. The van der Waals surface area contributed by atoms with Crippen LogP contribution in [0, 0.1) is 12.8 Å². The number of nitrogens with zero attached hydrogens (tertiary/aromatic N) is 5. The normalized spacial score (nSPS) is 17.4. The van der Waals surface area contributed by atoms with Crippen molar-refractivity contribution in [2.75, 3.05) is 38.2 Å². The standard InChI is InChI=1S/C28H37ClN8O/c1-18(2)36-9-11-37(12-10-36)27(16-25(30-4)33-26-15-21(34-35-26)14-20-5-6-20)31-17-38-24-8-7-23-22(28(24)29)13-19(3)32-23/h7-8,13,15-16,18,20,32H,4-6,9-12,14,17H2,1-3H3,(H2,33,34,35)/b25-16+,31-27+. The van der Waals surface area contributed by atoms with Gasteiger partial charge in [-0.2, -0.15) is 5.10 Å². The molecule has 1 saturated heterocycles. The molecule has 1 aliphatic carbocycles. The summed E-state index contributed by atoms with van der Waals surface area (Å²) in [5.41, 5.74) is 3.18. The van der Waals surface area contributed by atoms with E-state index in [1.54, 1.807) is 0 Å². The van der Waals surface area contributed by atoms with Crippen molar-refractivity contribution in [1.82, 2.24) is 25.0 Å². The highest BCUT2D eigenvalue weighted by molar-refractivity contribution is 6.37. The summed E-state index contributed by atoms with van der Waals surface area (Å²) in [6.07, 6.45) is 5.56. The molecular weight excluding hydrogens is 500 g/mol. The number of H-pyrrole nitrogens is 2. The average molecular weight is 537 g/mol. The summed E-state index contributed by atoms with van der Waals surface area (Å²) in [6.45, 7) is 14.0. The third-order valence-corrected chi connectivity index (χ3v) is 7.57. The number of hydrogen-bond acceptors (Lipinski definition) is 6. The van der Waals surface area contributed by atoms with Crippen molar-refractivity contribution in [2.45, 2.75) is 46.1 Å². The zero-order valence-electron chi connectivity index (χ0n) is 22.4. The van der Waals surface area contributed by atoms with Crippen LogP contribution in [-0.4, -0.2) is 76.5 Å². The van der Waals surface area contributed by atoms with E-state index in [0.29, 0.717) is 22.6 Å². The van der Waals surface area contributed by atoms with Crippen molar-refractivity contribution >= 4 is 40.9 Å². The van der Waals surface area contributed by atoms with Gasteiger partial charge >= 0.3 is 0 Å². The molecule has 0 bridgehead atoms. The first-order chi connectivity index (χ1) is 18.4.